The number of hydrogen-bond acceptors (Lipinski definition) is 5. The molecule has 1 heterocycles. The van der Waals surface area contributed by atoms with Gasteiger partial charge in [0.15, 0.2) is 5.70 Å². The zero-order chi connectivity index (χ0) is 17.8. The predicted octanol–water partition coefficient (Wildman–Crippen LogP) is 3.86. The Hall–Kier alpha value is -2.92. The molecule has 0 unspecified atom stereocenters. The molecule has 0 spiro atoms. The molecule has 0 radical (unpaired) electrons. The maximum Gasteiger partial charge on any atom is 0.363 e. The standard InChI is InChI=1S/C19H14ClNO4/c1-2-24-18(22)13-8-6-12(7-9-13)10-16-19(23)25-17(21-16)14-4-3-5-15(20)11-14/h3-11H,2H2,1H3/b16-10-. The molecule has 0 amide bonds. The van der Waals surface area contributed by atoms with Gasteiger partial charge < -0.3 is 9.47 Å². The zero-order valence-electron chi connectivity index (χ0n) is 13.4. The Morgan fingerprint density at radius 2 is 2.00 bits per heavy atom. The van der Waals surface area contributed by atoms with Crippen LogP contribution < -0.4 is 0 Å². The van der Waals surface area contributed by atoms with Gasteiger partial charge in [-0.1, -0.05) is 29.8 Å². The highest BCUT2D eigenvalue weighted by atomic mass is 35.5. The van der Waals surface area contributed by atoms with Gasteiger partial charge in [0, 0.05) is 10.6 Å². The van der Waals surface area contributed by atoms with Crippen molar-refractivity contribution < 1.29 is 19.1 Å². The van der Waals surface area contributed by atoms with Crippen molar-refractivity contribution >= 4 is 35.5 Å². The van der Waals surface area contributed by atoms with E-state index in [1.54, 1.807) is 61.5 Å². The molecule has 0 bridgehead atoms. The third-order valence-corrected chi connectivity index (χ3v) is 3.65. The van der Waals surface area contributed by atoms with E-state index in [2.05, 4.69) is 4.99 Å². The summed E-state index contributed by atoms with van der Waals surface area (Å²) in [5.41, 5.74) is 1.97. The maximum absolute atomic E-state index is 12.0. The second kappa shape index (κ2) is 7.32. The van der Waals surface area contributed by atoms with Crippen LogP contribution in [-0.2, 0) is 14.3 Å². The summed E-state index contributed by atoms with van der Waals surface area (Å²) >= 11 is 5.94. The second-order valence-corrected chi connectivity index (χ2v) is 5.63. The van der Waals surface area contributed by atoms with Crippen molar-refractivity contribution in [2.45, 2.75) is 6.92 Å². The molecule has 0 saturated heterocycles. The van der Waals surface area contributed by atoms with Gasteiger partial charge >= 0.3 is 11.9 Å². The summed E-state index contributed by atoms with van der Waals surface area (Å²) in [6, 6.07) is 13.6. The van der Waals surface area contributed by atoms with E-state index in [9.17, 15) is 9.59 Å². The van der Waals surface area contributed by atoms with Crippen LogP contribution in [0, 0.1) is 0 Å². The average molecular weight is 356 g/mol. The summed E-state index contributed by atoms with van der Waals surface area (Å²) < 4.78 is 10.1. The summed E-state index contributed by atoms with van der Waals surface area (Å²) in [5, 5.41) is 0.531. The lowest BCUT2D eigenvalue weighted by Crippen LogP contribution is -2.05. The summed E-state index contributed by atoms with van der Waals surface area (Å²) in [6.45, 7) is 2.06. The summed E-state index contributed by atoms with van der Waals surface area (Å²) in [4.78, 5) is 27.8. The Morgan fingerprint density at radius 1 is 1.24 bits per heavy atom. The van der Waals surface area contributed by atoms with Gasteiger partial charge in [0.05, 0.1) is 12.2 Å². The van der Waals surface area contributed by atoms with Crippen LogP contribution in [0.25, 0.3) is 6.08 Å². The number of rotatable bonds is 4. The number of cyclic esters (lactones) is 1. The Balaban J connectivity index is 1.83. The molecule has 126 valence electrons. The highest BCUT2D eigenvalue weighted by Crippen LogP contribution is 2.21. The predicted molar refractivity (Wildman–Crippen MR) is 94.5 cm³/mol. The van der Waals surface area contributed by atoms with Crippen LogP contribution in [-0.4, -0.2) is 24.4 Å². The Labute approximate surface area is 149 Å². The fourth-order valence-electron chi connectivity index (χ4n) is 2.24. The van der Waals surface area contributed by atoms with Crippen LogP contribution in [0.3, 0.4) is 0 Å². The van der Waals surface area contributed by atoms with E-state index in [4.69, 9.17) is 21.1 Å². The van der Waals surface area contributed by atoms with E-state index < -0.39 is 5.97 Å². The summed E-state index contributed by atoms with van der Waals surface area (Å²) in [5.74, 6) is -0.713. The number of ether oxygens (including phenoxy) is 2. The van der Waals surface area contributed by atoms with Gasteiger partial charge in [0.1, 0.15) is 0 Å². The molecule has 25 heavy (non-hydrogen) atoms. The summed E-state index contributed by atoms with van der Waals surface area (Å²) in [6.07, 6.45) is 1.59. The Bertz CT molecular complexity index is 885. The number of nitrogens with zero attached hydrogens (tertiary/aromatic N) is 1. The number of carbonyl (C=O) groups excluding carboxylic acids is 2. The van der Waals surface area contributed by atoms with Crippen molar-refractivity contribution in [3.8, 4) is 0 Å². The molecule has 5 nitrogen and oxygen atoms in total. The van der Waals surface area contributed by atoms with Gasteiger partial charge in [-0.2, -0.15) is 0 Å². The number of esters is 2. The number of carbonyl (C=O) groups is 2. The molecule has 0 atom stereocenters. The second-order valence-electron chi connectivity index (χ2n) is 5.19. The van der Waals surface area contributed by atoms with E-state index in [1.807, 2.05) is 0 Å². The lowest BCUT2D eigenvalue weighted by Gasteiger charge is -2.01. The molecule has 2 aromatic carbocycles. The first-order chi connectivity index (χ1) is 12.1. The van der Waals surface area contributed by atoms with Crippen molar-refractivity contribution in [1.82, 2.24) is 0 Å². The van der Waals surface area contributed by atoms with Gasteiger partial charge in [-0.05, 0) is 48.9 Å². The number of aliphatic imine (C=N–C) groups is 1. The quantitative estimate of drug-likeness (QED) is 0.617. The number of halogens is 1. The number of hydrogen-bond donors (Lipinski definition) is 0. The van der Waals surface area contributed by atoms with Crippen LogP contribution in [0.15, 0.2) is 59.2 Å². The van der Waals surface area contributed by atoms with Crippen molar-refractivity contribution in [2.75, 3.05) is 6.61 Å². The molecular weight excluding hydrogens is 342 g/mol. The minimum atomic E-state index is -0.538. The van der Waals surface area contributed by atoms with Gasteiger partial charge in [0.2, 0.25) is 5.90 Å². The van der Waals surface area contributed by atoms with Crippen molar-refractivity contribution in [3.05, 3.63) is 75.9 Å². The van der Waals surface area contributed by atoms with Crippen LogP contribution in [0.1, 0.15) is 28.4 Å². The SMILES string of the molecule is CCOC(=O)c1ccc(/C=C2\N=C(c3cccc(Cl)c3)OC2=O)cc1. The third kappa shape index (κ3) is 3.95. The Morgan fingerprint density at radius 3 is 2.68 bits per heavy atom. The average Bonchev–Trinajstić information content (AvgIpc) is 2.96. The molecule has 0 fully saturated rings. The van der Waals surface area contributed by atoms with Crippen LogP contribution >= 0.6 is 11.6 Å². The minimum Gasteiger partial charge on any atom is -0.462 e. The lowest BCUT2D eigenvalue weighted by molar-refractivity contribution is -0.129. The number of benzene rings is 2. The van der Waals surface area contributed by atoms with Crippen LogP contribution in [0.5, 0.6) is 0 Å². The molecule has 1 aliphatic heterocycles. The topological polar surface area (TPSA) is 65.0 Å². The molecule has 2 aromatic rings. The highest BCUT2D eigenvalue weighted by molar-refractivity contribution is 6.31. The first kappa shape index (κ1) is 16.9. The van der Waals surface area contributed by atoms with Crippen molar-refractivity contribution in [2.24, 2.45) is 4.99 Å². The van der Waals surface area contributed by atoms with Gasteiger partial charge in [0.25, 0.3) is 0 Å². The largest absolute Gasteiger partial charge is 0.462 e. The molecule has 6 heteroatoms. The fraction of sp³-hybridized carbons (Fsp3) is 0.105. The molecule has 0 aliphatic carbocycles. The smallest absolute Gasteiger partial charge is 0.363 e. The maximum atomic E-state index is 12.0. The van der Waals surface area contributed by atoms with Gasteiger partial charge in [-0.25, -0.2) is 14.6 Å². The molecular formula is C19H14ClNO4. The monoisotopic (exact) mass is 355 g/mol. The molecule has 0 aromatic heterocycles. The zero-order valence-corrected chi connectivity index (χ0v) is 14.1. The lowest BCUT2D eigenvalue weighted by atomic mass is 10.1. The van der Waals surface area contributed by atoms with Gasteiger partial charge in [-0.3, -0.25) is 0 Å². The minimum absolute atomic E-state index is 0.180. The van der Waals surface area contributed by atoms with Crippen LogP contribution in [0.4, 0.5) is 0 Å². The van der Waals surface area contributed by atoms with Crippen molar-refractivity contribution in [1.29, 1.82) is 0 Å². The normalized spacial score (nSPS) is 15.0. The fourth-order valence-corrected chi connectivity index (χ4v) is 2.43. The van der Waals surface area contributed by atoms with Gasteiger partial charge in [-0.15, -0.1) is 0 Å². The van der Waals surface area contributed by atoms with Crippen molar-refractivity contribution in [3.63, 3.8) is 0 Å². The van der Waals surface area contributed by atoms with E-state index in [-0.39, 0.29) is 17.6 Å². The highest BCUT2D eigenvalue weighted by Gasteiger charge is 2.24. The van der Waals surface area contributed by atoms with E-state index in [0.29, 0.717) is 22.8 Å². The van der Waals surface area contributed by atoms with E-state index in [1.165, 1.54) is 0 Å². The molecule has 3 rings (SSSR count). The Kier molecular flexibility index (Phi) is 4.95. The first-order valence-corrected chi connectivity index (χ1v) is 8.00. The van der Waals surface area contributed by atoms with Crippen LogP contribution in [0.2, 0.25) is 5.02 Å². The molecule has 0 N–H and O–H groups in total. The first-order valence-electron chi connectivity index (χ1n) is 7.62. The molecule has 1 aliphatic rings. The van der Waals surface area contributed by atoms with E-state index in [0.717, 1.165) is 5.56 Å². The van der Waals surface area contributed by atoms with E-state index >= 15 is 0 Å². The summed E-state index contributed by atoms with van der Waals surface area (Å²) in [7, 11) is 0. The third-order valence-electron chi connectivity index (χ3n) is 3.42. The molecule has 0 saturated carbocycles.